The fraction of sp³-hybridized carbons (Fsp3) is 0.364. The molecular weight excluding hydrogens is 206 g/mol. The molecule has 3 nitrogen and oxygen atoms in total. The Bertz CT molecular complexity index is 423. The van der Waals surface area contributed by atoms with Gasteiger partial charge in [0, 0.05) is 17.5 Å². The molecule has 0 aliphatic carbocycles. The molecule has 80 valence electrons. The predicted molar refractivity (Wildman–Crippen MR) is 64.0 cm³/mol. The molecule has 0 fully saturated rings. The third-order valence-electron chi connectivity index (χ3n) is 1.76. The van der Waals surface area contributed by atoms with Crippen LogP contribution in [0.15, 0.2) is 18.3 Å². The van der Waals surface area contributed by atoms with E-state index in [1.165, 1.54) is 0 Å². The van der Waals surface area contributed by atoms with E-state index in [2.05, 4.69) is 15.2 Å². The highest BCUT2D eigenvalue weighted by Crippen LogP contribution is 2.24. The van der Waals surface area contributed by atoms with Crippen LogP contribution in [-0.2, 0) is 0 Å². The average Bonchev–Trinajstić information content (AvgIpc) is 2.68. The topological polar surface area (TPSA) is 38.7 Å². The van der Waals surface area contributed by atoms with Gasteiger partial charge in [0.25, 0.3) is 0 Å². The second-order valence-corrected chi connectivity index (χ2v) is 3.94. The summed E-state index contributed by atoms with van der Waals surface area (Å²) in [6.45, 7) is 7.93. The second kappa shape index (κ2) is 5.56. The van der Waals surface area contributed by atoms with Crippen LogP contribution in [0.3, 0.4) is 0 Å². The Morgan fingerprint density at radius 3 is 2.40 bits per heavy atom. The van der Waals surface area contributed by atoms with Crippen molar-refractivity contribution >= 4 is 11.3 Å². The summed E-state index contributed by atoms with van der Waals surface area (Å²) in [6, 6.07) is 3.93. The minimum Gasteiger partial charge on any atom is -0.261 e. The van der Waals surface area contributed by atoms with Crippen LogP contribution in [-0.4, -0.2) is 15.2 Å². The number of aromatic nitrogens is 3. The van der Waals surface area contributed by atoms with E-state index in [4.69, 9.17) is 0 Å². The summed E-state index contributed by atoms with van der Waals surface area (Å²) in [7, 11) is 0. The number of hydrogen-bond donors (Lipinski definition) is 0. The van der Waals surface area contributed by atoms with E-state index < -0.39 is 0 Å². The first-order chi connectivity index (χ1) is 7.27. The molecule has 0 unspecified atom stereocenters. The van der Waals surface area contributed by atoms with Crippen molar-refractivity contribution in [1.82, 2.24) is 15.2 Å². The van der Waals surface area contributed by atoms with Crippen molar-refractivity contribution < 1.29 is 0 Å². The van der Waals surface area contributed by atoms with Crippen LogP contribution in [0.5, 0.6) is 0 Å². The summed E-state index contributed by atoms with van der Waals surface area (Å²) in [4.78, 5) is 4.20. The molecule has 0 saturated carbocycles. The molecule has 0 saturated heterocycles. The van der Waals surface area contributed by atoms with E-state index in [1.807, 2.05) is 39.8 Å². The van der Waals surface area contributed by atoms with E-state index in [1.54, 1.807) is 17.5 Å². The van der Waals surface area contributed by atoms with E-state index >= 15 is 0 Å². The highest BCUT2D eigenvalue weighted by molar-refractivity contribution is 7.14. The van der Waals surface area contributed by atoms with Crippen molar-refractivity contribution in [3.05, 3.63) is 29.0 Å². The lowest BCUT2D eigenvalue weighted by molar-refractivity contribution is 1.05. The first-order valence-electron chi connectivity index (χ1n) is 4.99. The lowest BCUT2D eigenvalue weighted by atomic mass is 10.2. The van der Waals surface area contributed by atoms with Crippen molar-refractivity contribution in [2.45, 2.75) is 27.7 Å². The molecular formula is C11H15N3S. The van der Waals surface area contributed by atoms with Gasteiger partial charge in [0.05, 0.1) is 0 Å². The van der Waals surface area contributed by atoms with Gasteiger partial charge < -0.3 is 0 Å². The molecule has 0 amide bonds. The molecule has 0 aliphatic rings. The standard InChI is InChI=1S/C9H9N3S.C2H6/c1-6-8(4-3-5-10-6)9-12-11-7(2)13-9;1-2/h3-5H,1-2H3;1-2H3. The third kappa shape index (κ3) is 2.83. The van der Waals surface area contributed by atoms with Gasteiger partial charge in [-0.05, 0) is 26.0 Å². The monoisotopic (exact) mass is 221 g/mol. The first-order valence-corrected chi connectivity index (χ1v) is 5.81. The molecule has 15 heavy (non-hydrogen) atoms. The summed E-state index contributed by atoms with van der Waals surface area (Å²) < 4.78 is 0. The number of rotatable bonds is 1. The molecule has 4 heteroatoms. The van der Waals surface area contributed by atoms with Crippen LogP contribution < -0.4 is 0 Å². The largest absolute Gasteiger partial charge is 0.261 e. The van der Waals surface area contributed by atoms with Gasteiger partial charge in [-0.15, -0.1) is 10.2 Å². The first kappa shape index (κ1) is 11.8. The smallest absolute Gasteiger partial charge is 0.149 e. The zero-order valence-corrected chi connectivity index (χ0v) is 10.3. The molecule has 0 aliphatic heterocycles. The van der Waals surface area contributed by atoms with Crippen LogP contribution in [0.1, 0.15) is 24.5 Å². The Labute approximate surface area is 94.2 Å². The Morgan fingerprint density at radius 1 is 1.13 bits per heavy atom. The van der Waals surface area contributed by atoms with Crippen LogP contribution in [0.25, 0.3) is 10.6 Å². The minimum atomic E-state index is 0.947. The summed E-state index contributed by atoms with van der Waals surface area (Å²) in [6.07, 6.45) is 1.78. The summed E-state index contributed by atoms with van der Waals surface area (Å²) in [5.41, 5.74) is 2.08. The normalized spacial score (nSPS) is 9.33. The zero-order valence-electron chi connectivity index (χ0n) is 9.48. The Kier molecular flexibility index (Phi) is 4.37. The molecule has 0 N–H and O–H groups in total. The number of pyridine rings is 1. The van der Waals surface area contributed by atoms with Gasteiger partial charge in [-0.25, -0.2) is 0 Å². The lowest BCUT2D eigenvalue weighted by Gasteiger charge is -1.97. The minimum absolute atomic E-state index is 0.947. The Hall–Kier alpha value is -1.29. The van der Waals surface area contributed by atoms with Gasteiger partial charge in [-0.3, -0.25) is 4.98 Å². The van der Waals surface area contributed by atoms with E-state index in [0.29, 0.717) is 0 Å². The van der Waals surface area contributed by atoms with E-state index in [-0.39, 0.29) is 0 Å². The molecule has 2 heterocycles. The van der Waals surface area contributed by atoms with Crippen molar-refractivity contribution in [2.75, 3.05) is 0 Å². The van der Waals surface area contributed by atoms with Crippen molar-refractivity contribution in [2.24, 2.45) is 0 Å². The summed E-state index contributed by atoms with van der Waals surface area (Å²) in [5, 5.41) is 9.98. The van der Waals surface area contributed by atoms with Gasteiger partial charge in [-0.2, -0.15) is 0 Å². The average molecular weight is 221 g/mol. The number of aryl methyl sites for hydroxylation is 2. The van der Waals surface area contributed by atoms with Crippen LogP contribution in [0, 0.1) is 13.8 Å². The maximum absolute atomic E-state index is 4.20. The third-order valence-corrected chi connectivity index (χ3v) is 2.64. The van der Waals surface area contributed by atoms with Gasteiger partial charge in [0.1, 0.15) is 10.0 Å². The van der Waals surface area contributed by atoms with Crippen LogP contribution in [0.4, 0.5) is 0 Å². The summed E-state index contributed by atoms with van der Waals surface area (Å²) in [5.74, 6) is 0. The van der Waals surface area contributed by atoms with E-state index in [0.717, 1.165) is 21.3 Å². The molecule has 2 aromatic rings. The van der Waals surface area contributed by atoms with Gasteiger partial charge in [0.2, 0.25) is 0 Å². The molecule has 0 bridgehead atoms. The fourth-order valence-corrected chi connectivity index (χ4v) is 1.88. The van der Waals surface area contributed by atoms with Gasteiger partial charge >= 0.3 is 0 Å². The molecule has 2 aromatic heterocycles. The van der Waals surface area contributed by atoms with Crippen LogP contribution in [0.2, 0.25) is 0 Å². The van der Waals surface area contributed by atoms with Crippen molar-refractivity contribution in [3.8, 4) is 10.6 Å². The highest BCUT2D eigenvalue weighted by atomic mass is 32.1. The highest BCUT2D eigenvalue weighted by Gasteiger charge is 2.06. The summed E-state index contributed by atoms with van der Waals surface area (Å²) >= 11 is 1.59. The van der Waals surface area contributed by atoms with Gasteiger partial charge in [0.15, 0.2) is 0 Å². The molecule has 0 spiro atoms. The van der Waals surface area contributed by atoms with E-state index in [9.17, 15) is 0 Å². The SMILES string of the molecule is CC.Cc1nnc(-c2cccnc2C)s1. The lowest BCUT2D eigenvalue weighted by Crippen LogP contribution is -1.85. The Balaban J connectivity index is 0.000000531. The molecule has 0 aromatic carbocycles. The van der Waals surface area contributed by atoms with Gasteiger partial charge in [-0.1, -0.05) is 25.2 Å². The van der Waals surface area contributed by atoms with Crippen molar-refractivity contribution in [1.29, 1.82) is 0 Å². The number of nitrogens with zero attached hydrogens (tertiary/aromatic N) is 3. The van der Waals surface area contributed by atoms with Crippen LogP contribution >= 0.6 is 11.3 Å². The maximum atomic E-state index is 4.20. The fourth-order valence-electron chi connectivity index (χ4n) is 1.12. The zero-order chi connectivity index (χ0) is 11.3. The van der Waals surface area contributed by atoms with Crippen molar-refractivity contribution in [3.63, 3.8) is 0 Å². The second-order valence-electron chi connectivity index (χ2n) is 2.76. The Morgan fingerprint density at radius 2 is 1.87 bits per heavy atom. The molecule has 2 rings (SSSR count). The molecule has 0 radical (unpaired) electrons. The predicted octanol–water partition coefficient (Wildman–Crippen LogP) is 3.24. The quantitative estimate of drug-likeness (QED) is 0.742. The molecule has 0 atom stereocenters. The maximum Gasteiger partial charge on any atom is 0.149 e. The number of hydrogen-bond acceptors (Lipinski definition) is 4.